The summed E-state index contributed by atoms with van der Waals surface area (Å²) in [5.74, 6) is 1.25. The topological polar surface area (TPSA) is 67.3 Å². The third-order valence-electron chi connectivity index (χ3n) is 2.32. The van der Waals surface area contributed by atoms with E-state index in [9.17, 15) is 5.11 Å². The monoisotopic (exact) mass is 265 g/mol. The Bertz CT molecular complexity index is 549. The number of methoxy groups -OCH3 is 1. The lowest BCUT2D eigenvalue weighted by molar-refractivity contribution is 0.412. The van der Waals surface area contributed by atoms with Gasteiger partial charge in [-0.2, -0.15) is 4.98 Å². The second-order valence-corrected chi connectivity index (χ2v) is 3.92. The van der Waals surface area contributed by atoms with Crippen molar-refractivity contribution in [1.82, 2.24) is 9.97 Å². The maximum atomic E-state index is 9.36. The van der Waals surface area contributed by atoms with Gasteiger partial charge in [-0.3, -0.25) is 0 Å². The fourth-order valence-corrected chi connectivity index (χ4v) is 1.61. The molecule has 0 fully saturated rings. The Morgan fingerprint density at radius 1 is 1.44 bits per heavy atom. The first-order valence-electron chi connectivity index (χ1n) is 5.27. The molecule has 0 aliphatic carbocycles. The summed E-state index contributed by atoms with van der Waals surface area (Å²) in [6.07, 6.45) is 1.50. The molecule has 0 bridgehead atoms. The maximum Gasteiger partial charge on any atom is 0.224 e. The lowest BCUT2D eigenvalue weighted by Gasteiger charge is -2.09. The summed E-state index contributed by atoms with van der Waals surface area (Å²) in [6, 6.07) is 6.95. The van der Waals surface area contributed by atoms with Gasteiger partial charge in [0.1, 0.15) is 5.75 Å². The Labute approximate surface area is 109 Å². The number of ether oxygens (including phenoxy) is 1. The van der Waals surface area contributed by atoms with Gasteiger partial charge < -0.3 is 15.2 Å². The quantitative estimate of drug-likeness (QED) is 0.831. The molecule has 1 aromatic carbocycles. The van der Waals surface area contributed by atoms with Gasteiger partial charge in [0.05, 0.1) is 13.3 Å². The average Bonchev–Trinajstić information content (AvgIpc) is 2.37. The molecule has 5 nitrogen and oxygen atoms in total. The van der Waals surface area contributed by atoms with E-state index in [0.717, 1.165) is 5.56 Å². The highest BCUT2D eigenvalue weighted by atomic mass is 35.5. The van der Waals surface area contributed by atoms with Crippen molar-refractivity contribution >= 4 is 17.4 Å². The minimum absolute atomic E-state index is 0.147. The second-order valence-electron chi connectivity index (χ2n) is 3.58. The number of nitrogens with zero attached hydrogens (tertiary/aromatic N) is 2. The fourth-order valence-electron chi connectivity index (χ4n) is 1.48. The van der Waals surface area contributed by atoms with Crippen molar-refractivity contribution in [3.63, 3.8) is 0 Å². The first-order valence-corrected chi connectivity index (χ1v) is 5.65. The van der Waals surface area contributed by atoms with Gasteiger partial charge in [0.15, 0.2) is 11.6 Å². The molecule has 18 heavy (non-hydrogen) atoms. The summed E-state index contributed by atoms with van der Waals surface area (Å²) in [4.78, 5) is 7.87. The summed E-state index contributed by atoms with van der Waals surface area (Å²) in [5, 5.41) is 12.6. The lowest BCUT2D eigenvalue weighted by Crippen LogP contribution is -2.04. The largest absolute Gasteiger partial charge is 0.508 e. The van der Waals surface area contributed by atoms with Gasteiger partial charge in [0.25, 0.3) is 0 Å². The summed E-state index contributed by atoms with van der Waals surface area (Å²) in [7, 11) is 1.53. The van der Waals surface area contributed by atoms with Crippen LogP contribution >= 0.6 is 11.6 Å². The Morgan fingerprint density at radius 3 is 3.00 bits per heavy atom. The van der Waals surface area contributed by atoms with Gasteiger partial charge in [-0.1, -0.05) is 12.1 Å². The van der Waals surface area contributed by atoms with Crippen LogP contribution in [0.15, 0.2) is 30.5 Å². The molecule has 1 aromatic heterocycles. The molecule has 0 atom stereocenters. The van der Waals surface area contributed by atoms with Crippen molar-refractivity contribution in [2.45, 2.75) is 6.54 Å². The van der Waals surface area contributed by atoms with Crippen LogP contribution in [0.1, 0.15) is 5.56 Å². The molecular formula is C12H12ClN3O2. The van der Waals surface area contributed by atoms with Gasteiger partial charge in [0, 0.05) is 6.54 Å². The Hall–Kier alpha value is -2.01. The van der Waals surface area contributed by atoms with Crippen molar-refractivity contribution in [1.29, 1.82) is 0 Å². The highest BCUT2D eigenvalue weighted by Gasteiger charge is 2.06. The van der Waals surface area contributed by atoms with Crippen LogP contribution in [0.25, 0.3) is 0 Å². The molecule has 0 spiro atoms. The number of rotatable bonds is 4. The number of benzene rings is 1. The zero-order valence-corrected chi connectivity index (χ0v) is 10.5. The normalized spacial score (nSPS) is 10.1. The molecule has 0 unspecified atom stereocenters. The van der Waals surface area contributed by atoms with Crippen molar-refractivity contribution in [3.05, 3.63) is 41.3 Å². The van der Waals surface area contributed by atoms with Crippen molar-refractivity contribution in [3.8, 4) is 11.5 Å². The molecular weight excluding hydrogens is 254 g/mol. The van der Waals surface area contributed by atoms with Gasteiger partial charge in [-0.15, -0.1) is 0 Å². The number of anilines is 1. The molecule has 94 valence electrons. The van der Waals surface area contributed by atoms with Crippen LogP contribution in [0.4, 0.5) is 5.82 Å². The van der Waals surface area contributed by atoms with E-state index in [-0.39, 0.29) is 11.0 Å². The zero-order valence-electron chi connectivity index (χ0n) is 9.72. The van der Waals surface area contributed by atoms with Gasteiger partial charge in [-0.25, -0.2) is 4.98 Å². The number of phenols is 1. The Balaban J connectivity index is 2.12. The molecule has 0 aliphatic heterocycles. The number of aromatic hydroxyl groups is 1. The van der Waals surface area contributed by atoms with E-state index in [0.29, 0.717) is 18.1 Å². The minimum atomic E-state index is 0.147. The molecule has 2 aromatic rings. The maximum absolute atomic E-state index is 9.36. The second kappa shape index (κ2) is 5.55. The van der Waals surface area contributed by atoms with E-state index >= 15 is 0 Å². The summed E-state index contributed by atoms with van der Waals surface area (Å²) < 4.78 is 5.12. The zero-order chi connectivity index (χ0) is 13.0. The van der Waals surface area contributed by atoms with Crippen LogP contribution in [0.3, 0.4) is 0 Å². The van der Waals surface area contributed by atoms with Crippen molar-refractivity contribution in [2.24, 2.45) is 0 Å². The molecule has 0 saturated carbocycles. The van der Waals surface area contributed by atoms with Gasteiger partial charge >= 0.3 is 0 Å². The summed E-state index contributed by atoms with van der Waals surface area (Å²) in [5.41, 5.74) is 0.923. The predicted molar refractivity (Wildman–Crippen MR) is 69.0 cm³/mol. The molecule has 0 amide bonds. The summed E-state index contributed by atoms with van der Waals surface area (Å²) in [6.45, 7) is 0.498. The molecule has 0 radical (unpaired) electrons. The van der Waals surface area contributed by atoms with E-state index in [1.807, 2.05) is 6.07 Å². The molecule has 2 rings (SSSR count). The van der Waals surface area contributed by atoms with Gasteiger partial charge in [-0.05, 0) is 29.3 Å². The molecule has 0 saturated heterocycles. The first kappa shape index (κ1) is 12.4. The number of halogens is 1. The van der Waals surface area contributed by atoms with E-state index in [4.69, 9.17) is 16.3 Å². The number of nitrogens with one attached hydrogen (secondary N) is 1. The fraction of sp³-hybridized carbons (Fsp3) is 0.167. The van der Waals surface area contributed by atoms with E-state index in [2.05, 4.69) is 15.3 Å². The van der Waals surface area contributed by atoms with E-state index in [1.165, 1.54) is 13.3 Å². The average molecular weight is 266 g/mol. The standard InChI is InChI=1S/C12H12ClN3O2/c1-18-10-7-15-12(13)16-11(10)14-6-8-3-2-4-9(17)5-8/h2-5,7,17H,6H2,1H3,(H,14,15,16). The highest BCUT2D eigenvalue weighted by molar-refractivity contribution is 6.28. The number of aromatic nitrogens is 2. The number of hydrogen-bond donors (Lipinski definition) is 2. The minimum Gasteiger partial charge on any atom is -0.508 e. The smallest absolute Gasteiger partial charge is 0.224 e. The third-order valence-corrected chi connectivity index (χ3v) is 2.50. The van der Waals surface area contributed by atoms with E-state index in [1.54, 1.807) is 18.2 Å². The molecule has 1 heterocycles. The summed E-state index contributed by atoms with van der Waals surface area (Å²) >= 11 is 5.72. The van der Waals surface area contributed by atoms with Crippen LogP contribution in [0.2, 0.25) is 5.28 Å². The van der Waals surface area contributed by atoms with Crippen LogP contribution in [0.5, 0.6) is 11.5 Å². The third kappa shape index (κ3) is 3.01. The number of hydrogen-bond acceptors (Lipinski definition) is 5. The van der Waals surface area contributed by atoms with Crippen molar-refractivity contribution in [2.75, 3.05) is 12.4 Å². The lowest BCUT2D eigenvalue weighted by atomic mass is 10.2. The first-order chi connectivity index (χ1) is 8.69. The Morgan fingerprint density at radius 2 is 2.28 bits per heavy atom. The molecule has 2 N–H and O–H groups in total. The van der Waals surface area contributed by atoms with Gasteiger partial charge in [0.2, 0.25) is 5.28 Å². The SMILES string of the molecule is COc1cnc(Cl)nc1NCc1cccc(O)c1. The van der Waals surface area contributed by atoms with Crippen LogP contribution < -0.4 is 10.1 Å². The number of phenolic OH excluding ortho intramolecular Hbond substituents is 1. The van der Waals surface area contributed by atoms with E-state index < -0.39 is 0 Å². The van der Waals surface area contributed by atoms with Crippen molar-refractivity contribution < 1.29 is 9.84 Å². The Kier molecular flexibility index (Phi) is 3.84. The van der Waals surface area contributed by atoms with Crippen LogP contribution in [0, 0.1) is 0 Å². The molecule has 6 heteroatoms. The molecule has 0 aliphatic rings. The van der Waals surface area contributed by atoms with Crippen LogP contribution in [-0.4, -0.2) is 22.2 Å². The highest BCUT2D eigenvalue weighted by Crippen LogP contribution is 2.22. The predicted octanol–water partition coefficient (Wildman–Crippen LogP) is 2.46. The van der Waals surface area contributed by atoms with Crippen LogP contribution in [-0.2, 0) is 6.54 Å².